The number of aryl methyl sites for hydroxylation is 1. The van der Waals surface area contributed by atoms with Crippen LogP contribution in [0.1, 0.15) is 5.69 Å². The number of halogens is 4. The summed E-state index contributed by atoms with van der Waals surface area (Å²) in [6.45, 7) is 0. The number of hydrogen-bond acceptors (Lipinski definition) is 7. The van der Waals surface area contributed by atoms with E-state index in [1.54, 1.807) is 18.2 Å². The molecule has 13 heteroatoms. The number of ether oxygens (including phenoxy) is 2. The van der Waals surface area contributed by atoms with Gasteiger partial charge in [-0.3, -0.25) is 14.2 Å². The topological polar surface area (TPSA) is 82.5 Å². The summed E-state index contributed by atoms with van der Waals surface area (Å²) in [6.07, 6.45) is -4.22. The molecule has 2 aromatic carbocycles. The number of aromatic nitrogens is 2. The van der Waals surface area contributed by atoms with Crippen molar-refractivity contribution in [2.24, 2.45) is 0 Å². The number of fused-ring (bicyclic) bond motifs is 1. The van der Waals surface area contributed by atoms with Crippen LogP contribution in [0.5, 0.6) is 11.5 Å². The third kappa shape index (κ3) is 6.06. The van der Waals surface area contributed by atoms with Gasteiger partial charge in [0.25, 0.3) is 5.56 Å². The van der Waals surface area contributed by atoms with E-state index >= 15 is 0 Å². The number of alkyl halides is 3. The van der Waals surface area contributed by atoms with Crippen molar-refractivity contribution in [1.82, 2.24) is 9.55 Å². The van der Waals surface area contributed by atoms with E-state index in [2.05, 4.69) is 15.0 Å². The lowest BCUT2D eigenvalue weighted by molar-refractivity contribution is -0.274. The summed E-state index contributed by atoms with van der Waals surface area (Å²) in [5.41, 5.74) is 0.974. The van der Waals surface area contributed by atoms with Gasteiger partial charge in [-0.1, -0.05) is 23.4 Å². The minimum absolute atomic E-state index is 0.0939. The molecule has 4 rings (SSSR count). The monoisotopic (exact) mass is 543 g/mol. The number of nitrogens with zero attached hydrogens (tertiary/aromatic N) is 2. The van der Waals surface area contributed by atoms with Crippen molar-refractivity contribution in [1.29, 1.82) is 0 Å². The predicted molar refractivity (Wildman–Crippen MR) is 128 cm³/mol. The largest absolute Gasteiger partial charge is 0.573 e. The molecule has 35 heavy (non-hydrogen) atoms. The van der Waals surface area contributed by atoms with Crippen molar-refractivity contribution >= 4 is 46.7 Å². The van der Waals surface area contributed by atoms with Gasteiger partial charge in [0.1, 0.15) is 11.5 Å². The van der Waals surface area contributed by atoms with E-state index < -0.39 is 12.1 Å². The van der Waals surface area contributed by atoms with Crippen molar-refractivity contribution < 1.29 is 27.4 Å². The van der Waals surface area contributed by atoms with Gasteiger partial charge in [-0.15, -0.1) is 24.9 Å². The van der Waals surface area contributed by atoms with E-state index in [1.807, 2.05) is 0 Å². The van der Waals surface area contributed by atoms with Crippen LogP contribution in [0.3, 0.4) is 0 Å². The highest BCUT2D eigenvalue weighted by atomic mass is 35.5. The summed E-state index contributed by atoms with van der Waals surface area (Å²) in [5.74, 6) is 0.225. The molecule has 0 spiro atoms. The Hall–Kier alpha value is -2.83. The highest BCUT2D eigenvalue weighted by Gasteiger charge is 2.31. The maximum Gasteiger partial charge on any atom is 0.573 e. The third-order valence-electron chi connectivity index (χ3n) is 4.76. The molecule has 0 unspecified atom stereocenters. The molecule has 1 aliphatic rings. The first kappa shape index (κ1) is 25.3. The first-order valence-corrected chi connectivity index (χ1v) is 12.4. The van der Waals surface area contributed by atoms with Crippen LogP contribution in [0, 0.1) is 0 Å². The van der Waals surface area contributed by atoms with Crippen LogP contribution < -0.4 is 20.3 Å². The van der Waals surface area contributed by atoms with Crippen LogP contribution in [0.4, 0.5) is 18.9 Å². The van der Waals surface area contributed by atoms with Crippen molar-refractivity contribution in [3.05, 3.63) is 63.5 Å². The van der Waals surface area contributed by atoms with Crippen molar-refractivity contribution in [3.8, 4) is 17.2 Å². The minimum Gasteiger partial charge on any atom is -0.495 e. The van der Waals surface area contributed by atoms with E-state index in [9.17, 15) is 22.8 Å². The fraction of sp³-hybridized carbons (Fsp3) is 0.227. The molecule has 184 valence electrons. The number of nitrogens with one attached hydrogen (secondary N) is 1. The first-order chi connectivity index (χ1) is 16.6. The van der Waals surface area contributed by atoms with Gasteiger partial charge in [0.2, 0.25) is 5.91 Å². The lowest BCUT2D eigenvalue weighted by atomic mass is 10.3. The van der Waals surface area contributed by atoms with E-state index in [0.717, 1.165) is 23.9 Å². The number of methoxy groups -OCH3 is 1. The predicted octanol–water partition coefficient (Wildman–Crippen LogP) is 5.17. The Labute approximate surface area is 211 Å². The molecule has 0 saturated heterocycles. The average Bonchev–Trinajstić information content (AvgIpc) is 3.27. The Bertz CT molecular complexity index is 1320. The summed E-state index contributed by atoms with van der Waals surface area (Å²) in [5, 5.41) is 3.38. The molecule has 1 aromatic heterocycles. The smallest absolute Gasteiger partial charge is 0.495 e. The van der Waals surface area contributed by atoms with Crippen LogP contribution in [-0.4, -0.2) is 40.4 Å². The Morgan fingerprint density at radius 2 is 2.00 bits per heavy atom. The van der Waals surface area contributed by atoms with Gasteiger partial charge in [0, 0.05) is 17.2 Å². The van der Waals surface area contributed by atoms with E-state index in [0.29, 0.717) is 44.9 Å². The lowest BCUT2D eigenvalue weighted by Gasteiger charge is -2.15. The van der Waals surface area contributed by atoms with Crippen LogP contribution >= 0.6 is 35.1 Å². The van der Waals surface area contributed by atoms with Gasteiger partial charge < -0.3 is 14.8 Å². The molecule has 2 heterocycles. The summed E-state index contributed by atoms with van der Waals surface area (Å²) in [6, 6.07) is 9.68. The number of thioether (sulfide) groups is 2. The number of benzene rings is 2. The van der Waals surface area contributed by atoms with Gasteiger partial charge in [0.15, 0.2) is 5.16 Å². The fourth-order valence-corrected chi connectivity index (χ4v) is 5.33. The molecule has 1 aliphatic heterocycles. The molecule has 0 saturated carbocycles. The Kier molecular flexibility index (Phi) is 7.53. The zero-order valence-electron chi connectivity index (χ0n) is 18.0. The van der Waals surface area contributed by atoms with Crippen molar-refractivity contribution in [3.63, 3.8) is 0 Å². The number of hydrogen-bond donors (Lipinski definition) is 1. The van der Waals surface area contributed by atoms with Gasteiger partial charge in [-0.2, -0.15) is 0 Å². The summed E-state index contributed by atoms with van der Waals surface area (Å²) < 4.78 is 47.9. The Morgan fingerprint density at radius 3 is 2.69 bits per heavy atom. The second-order valence-corrected chi connectivity index (χ2v) is 9.62. The Balaban J connectivity index is 1.60. The Morgan fingerprint density at radius 1 is 1.26 bits per heavy atom. The number of rotatable bonds is 7. The molecule has 7 nitrogen and oxygen atoms in total. The average molecular weight is 544 g/mol. The molecule has 3 aromatic rings. The third-order valence-corrected chi connectivity index (χ3v) is 7.04. The number of carbonyl (C=O) groups excluding carboxylic acids is 1. The number of amides is 1. The van der Waals surface area contributed by atoms with Crippen LogP contribution in [0.25, 0.3) is 5.69 Å². The minimum atomic E-state index is -4.83. The highest BCUT2D eigenvalue weighted by Crippen LogP contribution is 2.32. The summed E-state index contributed by atoms with van der Waals surface area (Å²) in [7, 11) is 1.46. The van der Waals surface area contributed by atoms with E-state index in [4.69, 9.17) is 16.3 Å². The SMILES string of the molecule is COc1ccc(Cl)cc1NC(=O)CSc1nc2c(c(=O)n1-c1ccc(OC(F)(F)F)cc1)SCC2. The number of anilines is 1. The van der Waals surface area contributed by atoms with Gasteiger partial charge in [-0.05, 0) is 42.5 Å². The lowest BCUT2D eigenvalue weighted by Crippen LogP contribution is -2.25. The fourth-order valence-electron chi connectivity index (χ4n) is 3.31. The van der Waals surface area contributed by atoms with Crippen LogP contribution in [-0.2, 0) is 11.2 Å². The van der Waals surface area contributed by atoms with Gasteiger partial charge in [-0.25, -0.2) is 4.98 Å². The molecule has 1 amide bonds. The van der Waals surface area contributed by atoms with E-state index in [-0.39, 0.29) is 22.4 Å². The maximum atomic E-state index is 13.2. The first-order valence-electron chi connectivity index (χ1n) is 10.1. The number of carbonyl (C=O) groups is 1. The van der Waals surface area contributed by atoms with Gasteiger partial charge in [0.05, 0.1) is 34.8 Å². The molecule has 0 atom stereocenters. The molecule has 0 radical (unpaired) electrons. The van der Waals surface area contributed by atoms with E-state index in [1.165, 1.54) is 35.6 Å². The normalized spacial score (nSPS) is 12.8. The second-order valence-electron chi connectivity index (χ2n) is 7.13. The highest BCUT2D eigenvalue weighted by molar-refractivity contribution is 8.00. The molecule has 0 bridgehead atoms. The van der Waals surface area contributed by atoms with Crippen molar-refractivity contribution in [2.75, 3.05) is 23.9 Å². The molecular formula is C22H17ClF3N3O4S2. The molecule has 0 aliphatic carbocycles. The van der Waals surface area contributed by atoms with Gasteiger partial charge >= 0.3 is 6.36 Å². The summed E-state index contributed by atoms with van der Waals surface area (Å²) in [4.78, 5) is 30.9. The summed E-state index contributed by atoms with van der Waals surface area (Å²) >= 11 is 8.40. The van der Waals surface area contributed by atoms with Crippen LogP contribution in [0.15, 0.2) is 57.3 Å². The quantitative estimate of drug-likeness (QED) is 0.325. The second kappa shape index (κ2) is 10.4. The zero-order chi connectivity index (χ0) is 25.2. The molecular weight excluding hydrogens is 527 g/mol. The molecule has 1 N–H and O–H groups in total. The molecule has 0 fully saturated rings. The zero-order valence-corrected chi connectivity index (χ0v) is 20.4. The van der Waals surface area contributed by atoms with Crippen molar-refractivity contribution in [2.45, 2.75) is 22.8 Å². The van der Waals surface area contributed by atoms with Crippen LogP contribution in [0.2, 0.25) is 5.02 Å². The maximum absolute atomic E-state index is 13.2. The standard InChI is InChI=1S/C22H17ClF3N3O4S2/c1-32-17-7-2-12(23)10-16(17)27-18(30)11-35-21-28-15-8-9-34-19(15)20(31)29(21)13-3-5-14(6-4-13)33-22(24,25)26/h2-7,10H,8-9,11H2,1H3,(H,27,30).